The average Bonchev–Trinajstić information content (AvgIpc) is 3.14. The molecule has 1 amide bonds. The van der Waals surface area contributed by atoms with Crippen LogP contribution in [0.3, 0.4) is 0 Å². The third-order valence-electron chi connectivity index (χ3n) is 5.92. The maximum Gasteiger partial charge on any atom is 0.407 e. The van der Waals surface area contributed by atoms with Crippen LogP contribution in [0.4, 0.5) is 4.79 Å². The Morgan fingerprint density at radius 2 is 1.67 bits per heavy atom. The number of aliphatic carboxylic acids is 1. The van der Waals surface area contributed by atoms with Crippen molar-refractivity contribution in [1.82, 2.24) is 5.32 Å². The van der Waals surface area contributed by atoms with Crippen LogP contribution in [-0.2, 0) is 20.4 Å². The fourth-order valence-corrected chi connectivity index (χ4v) is 6.28. The van der Waals surface area contributed by atoms with Gasteiger partial charge in [0.2, 0.25) is 0 Å². The van der Waals surface area contributed by atoms with Gasteiger partial charge in [-0.25, -0.2) is 9.59 Å². The van der Waals surface area contributed by atoms with Crippen molar-refractivity contribution < 1.29 is 23.9 Å². The van der Waals surface area contributed by atoms with Gasteiger partial charge in [0, 0.05) is 5.57 Å². The highest BCUT2D eigenvalue weighted by Crippen LogP contribution is 2.49. The van der Waals surface area contributed by atoms with Crippen molar-refractivity contribution >= 4 is 21.1 Å². The van der Waals surface area contributed by atoms with E-state index in [2.05, 4.69) is 39.2 Å². The summed E-state index contributed by atoms with van der Waals surface area (Å²) in [4.78, 5) is 25.3. The van der Waals surface area contributed by atoms with E-state index >= 15 is 0 Å². The van der Waals surface area contributed by atoms with Crippen molar-refractivity contribution in [2.45, 2.75) is 97.6 Å². The molecule has 2 unspecified atom stereocenters. The van der Waals surface area contributed by atoms with Gasteiger partial charge in [0.05, 0.1) is 6.04 Å². The summed E-state index contributed by atoms with van der Waals surface area (Å²) in [5.74, 6) is -0.902. The molecular formula is C26H41NO5Si. The predicted octanol–water partition coefficient (Wildman–Crippen LogP) is 5.47. The Labute approximate surface area is 200 Å². The first kappa shape index (κ1) is 27.1. The minimum atomic E-state index is -1.68. The molecule has 0 bridgehead atoms. The zero-order valence-corrected chi connectivity index (χ0v) is 22.6. The Morgan fingerprint density at radius 3 is 2.15 bits per heavy atom. The number of amides is 1. The number of benzene rings is 1. The second kappa shape index (κ2) is 10.4. The highest BCUT2D eigenvalue weighted by Gasteiger charge is 2.55. The fourth-order valence-electron chi connectivity index (χ4n) is 4.87. The molecule has 1 aliphatic carbocycles. The lowest BCUT2D eigenvalue weighted by molar-refractivity contribution is -0.133. The van der Waals surface area contributed by atoms with Crippen molar-refractivity contribution in [2.75, 3.05) is 0 Å². The number of ether oxygens (including phenoxy) is 1. The summed E-state index contributed by atoms with van der Waals surface area (Å²) >= 11 is 0. The molecule has 0 aromatic heterocycles. The molecule has 1 aromatic rings. The molecular weight excluding hydrogens is 434 g/mol. The summed E-state index contributed by atoms with van der Waals surface area (Å²) in [5.41, 5.74) is 0.142. The molecule has 7 heteroatoms. The van der Waals surface area contributed by atoms with Crippen molar-refractivity contribution in [3.63, 3.8) is 0 Å². The molecule has 0 spiro atoms. The molecule has 0 aliphatic heterocycles. The van der Waals surface area contributed by atoms with Gasteiger partial charge in [-0.1, -0.05) is 51.1 Å². The van der Waals surface area contributed by atoms with E-state index in [1.54, 1.807) is 0 Å². The first-order chi connectivity index (χ1) is 15.2. The Kier molecular flexibility index (Phi) is 8.57. The fraction of sp³-hybridized carbons (Fsp3) is 0.615. The number of hydrogen-bond donors (Lipinski definition) is 2. The maximum absolute atomic E-state index is 13.0. The van der Waals surface area contributed by atoms with Crippen molar-refractivity contribution in [2.24, 2.45) is 5.41 Å². The molecule has 2 atom stereocenters. The van der Waals surface area contributed by atoms with Gasteiger partial charge in [0.1, 0.15) is 11.2 Å². The van der Waals surface area contributed by atoms with E-state index in [1.165, 1.54) is 0 Å². The summed E-state index contributed by atoms with van der Waals surface area (Å²) in [6.45, 7) is 15.9. The zero-order valence-electron chi connectivity index (χ0n) is 21.5. The standard InChI is InChI=1S/C26H41NO5Si/c1-24(2,3)26(32-33(7)8,20-16-12-15-19(20)22(28)29)21(17-18-13-10-9-11-14-18)27-23(30)31-25(4,5)6/h9-11,13-14,21,33H,12,15-17H2,1-8H3,(H,27,30)(H,28,29). The number of alkyl carbamates (subject to hydrolysis) is 1. The number of carbonyl (C=O) groups excluding carboxylic acids is 1. The summed E-state index contributed by atoms with van der Waals surface area (Å²) < 4.78 is 12.5. The third-order valence-corrected chi connectivity index (χ3v) is 6.77. The number of nitrogens with one attached hydrogen (secondary N) is 1. The van der Waals surface area contributed by atoms with Crippen LogP contribution in [0, 0.1) is 5.41 Å². The van der Waals surface area contributed by atoms with Crippen molar-refractivity contribution in [3.8, 4) is 0 Å². The number of hydrogen-bond acceptors (Lipinski definition) is 4. The quantitative estimate of drug-likeness (QED) is 0.487. The predicted molar refractivity (Wildman–Crippen MR) is 134 cm³/mol. The van der Waals surface area contributed by atoms with Crippen LogP contribution in [-0.4, -0.2) is 43.5 Å². The molecule has 6 nitrogen and oxygen atoms in total. The van der Waals surface area contributed by atoms with Gasteiger partial charge < -0.3 is 19.6 Å². The molecule has 1 aliphatic rings. The number of carboxylic acid groups (broad SMARTS) is 1. The Balaban J connectivity index is 2.73. The van der Waals surface area contributed by atoms with E-state index in [-0.39, 0.29) is 0 Å². The highest BCUT2D eigenvalue weighted by atomic mass is 28.3. The van der Waals surface area contributed by atoms with Gasteiger partial charge in [-0.3, -0.25) is 0 Å². The average molecular weight is 476 g/mol. The normalized spacial score (nSPS) is 17.6. The van der Waals surface area contributed by atoms with E-state index in [1.807, 2.05) is 51.1 Å². The molecule has 2 rings (SSSR count). The van der Waals surface area contributed by atoms with Gasteiger partial charge in [-0.2, -0.15) is 0 Å². The molecule has 33 heavy (non-hydrogen) atoms. The van der Waals surface area contributed by atoms with Crippen molar-refractivity contribution in [1.29, 1.82) is 0 Å². The molecule has 0 saturated heterocycles. The summed E-state index contributed by atoms with van der Waals surface area (Å²) in [5, 5.41) is 13.2. The van der Waals surface area contributed by atoms with E-state index in [9.17, 15) is 14.7 Å². The third kappa shape index (κ3) is 6.70. The largest absolute Gasteiger partial charge is 0.478 e. The molecule has 0 radical (unpaired) electrons. The van der Waals surface area contributed by atoms with Crippen LogP contribution in [0.2, 0.25) is 13.1 Å². The molecule has 0 heterocycles. The van der Waals surface area contributed by atoms with Crippen LogP contribution < -0.4 is 5.32 Å². The topological polar surface area (TPSA) is 84.9 Å². The summed E-state index contributed by atoms with van der Waals surface area (Å²) in [6.07, 6.45) is 1.88. The number of carbonyl (C=O) groups is 2. The first-order valence-corrected chi connectivity index (χ1v) is 14.6. The lowest BCUT2D eigenvalue weighted by Crippen LogP contribution is -2.64. The lowest BCUT2D eigenvalue weighted by Gasteiger charge is -2.52. The monoisotopic (exact) mass is 475 g/mol. The SMILES string of the molecule is C[SiH](C)OC(C1=C(C(=O)O)CCC1)(C(Cc1ccccc1)NC(=O)OC(C)(C)C)C(C)(C)C. The summed E-state index contributed by atoms with van der Waals surface area (Å²) in [7, 11) is -1.68. The number of rotatable bonds is 8. The Hall–Kier alpha value is -2.12. The second-order valence-corrected chi connectivity index (χ2v) is 13.5. The molecule has 0 saturated carbocycles. The Bertz CT molecular complexity index is 867. The zero-order chi connectivity index (χ0) is 25.0. The van der Waals surface area contributed by atoms with Gasteiger partial charge in [-0.05, 0) is 76.1 Å². The maximum atomic E-state index is 13.0. The van der Waals surface area contributed by atoms with E-state index in [4.69, 9.17) is 9.16 Å². The van der Waals surface area contributed by atoms with E-state index in [0.29, 0.717) is 24.8 Å². The van der Waals surface area contributed by atoms with Crippen LogP contribution >= 0.6 is 0 Å². The molecule has 1 aromatic carbocycles. The van der Waals surface area contributed by atoms with Crippen LogP contribution in [0.15, 0.2) is 41.5 Å². The molecule has 0 fully saturated rings. The lowest BCUT2D eigenvalue weighted by atomic mass is 9.65. The minimum Gasteiger partial charge on any atom is -0.478 e. The van der Waals surface area contributed by atoms with Crippen LogP contribution in [0.5, 0.6) is 0 Å². The van der Waals surface area contributed by atoms with Gasteiger partial charge in [-0.15, -0.1) is 0 Å². The van der Waals surface area contributed by atoms with Gasteiger partial charge >= 0.3 is 12.1 Å². The molecule has 184 valence electrons. The Morgan fingerprint density at radius 1 is 1.06 bits per heavy atom. The first-order valence-electron chi connectivity index (χ1n) is 11.8. The second-order valence-electron chi connectivity index (χ2n) is 11.2. The highest BCUT2D eigenvalue weighted by molar-refractivity contribution is 6.48. The van der Waals surface area contributed by atoms with E-state index < -0.39 is 43.8 Å². The molecule has 2 N–H and O–H groups in total. The van der Waals surface area contributed by atoms with Crippen LogP contribution in [0.25, 0.3) is 0 Å². The van der Waals surface area contributed by atoms with Crippen molar-refractivity contribution in [3.05, 3.63) is 47.0 Å². The number of carboxylic acids is 1. The smallest absolute Gasteiger partial charge is 0.407 e. The van der Waals surface area contributed by atoms with Crippen LogP contribution in [0.1, 0.15) is 66.4 Å². The van der Waals surface area contributed by atoms with Gasteiger partial charge in [0.25, 0.3) is 0 Å². The minimum absolute atomic E-state index is 0.420. The summed E-state index contributed by atoms with van der Waals surface area (Å²) in [6, 6.07) is 9.42. The van der Waals surface area contributed by atoms with E-state index in [0.717, 1.165) is 17.6 Å². The van der Waals surface area contributed by atoms with Gasteiger partial charge in [0.15, 0.2) is 9.04 Å².